The van der Waals surface area contributed by atoms with E-state index in [0.717, 1.165) is 17.7 Å². The van der Waals surface area contributed by atoms with E-state index in [0.29, 0.717) is 23.0 Å². The van der Waals surface area contributed by atoms with Crippen LogP contribution < -0.4 is 20.1 Å². The molecule has 9 heteroatoms. The predicted octanol–water partition coefficient (Wildman–Crippen LogP) is 3.16. The molecule has 2 aromatic carbocycles. The van der Waals surface area contributed by atoms with Crippen LogP contribution in [0.15, 0.2) is 48.8 Å². The predicted molar refractivity (Wildman–Crippen MR) is 95.4 cm³/mol. The molecule has 28 heavy (non-hydrogen) atoms. The first-order chi connectivity index (χ1) is 13.6. The van der Waals surface area contributed by atoms with Crippen molar-refractivity contribution in [2.45, 2.75) is 6.54 Å². The summed E-state index contributed by atoms with van der Waals surface area (Å²) in [6, 6.07) is 8.78. The summed E-state index contributed by atoms with van der Waals surface area (Å²) in [5.41, 5.74) is 1.28. The Balaban J connectivity index is 1.36. The van der Waals surface area contributed by atoms with Crippen molar-refractivity contribution >= 4 is 17.4 Å². The summed E-state index contributed by atoms with van der Waals surface area (Å²) in [4.78, 5) is 20.3. The molecule has 0 fully saturated rings. The van der Waals surface area contributed by atoms with Gasteiger partial charge >= 0.3 is 0 Å². The molecule has 1 aliphatic heterocycles. The van der Waals surface area contributed by atoms with Gasteiger partial charge in [-0.2, -0.15) is 0 Å². The Morgan fingerprint density at radius 1 is 1.00 bits per heavy atom. The second-order valence-electron chi connectivity index (χ2n) is 5.91. The van der Waals surface area contributed by atoms with E-state index in [-0.39, 0.29) is 19.0 Å². The molecular weight excluding hydrogens is 370 g/mol. The van der Waals surface area contributed by atoms with Crippen LogP contribution in [0.25, 0.3) is 0 Å². The molecule has 1 aliphatic rings. The Kier molecular flexibility index (Phi) is 4.71. The molecule has 1 amide bonds. The minimum atomic E-state index is -0.975. The number of nitrogens with zero attached hydrogens (tertiary/aromatic N) is 2. The first-order valence-electron chi connectivity index (χ1n) is 8.29. The van der Waals surface area contributed by atoms with Crippen LogP contribution >= 0.6 is 0 Å². The lowest BCUT2D eigenvalue weighted by atomic mass is 10.2. The highest BCUT2D eigenvalue weighted by atomic mass is 19.2. The fraction of sp³-hybridized carbons (Fsp3) is 0.105. The van der Waals surface area contributed by atoms with E-state index in [9.17, 15) is 13.6 Å². The van der Waals surface area contributed by atoms with Crippen molar-refractivity contribution < 1.29 is 23.0 Å². The molecule has 3 aromatic rings. The molecule has 0 radical (unpaired) electrons. The molecule has 0 unspecified atom stereocenters. The van der Waals surface area contributed by atoms with Gasteiger partial charge in [0.1, 0.15) is 11.5 Å². The molecule has 0 atom stereocenters. The summed E-state index contributed by atoms with van der Waals surface area (Å²) >= 11 is 0. The van der Waals surface area contributed by atoms with E-state index in [4.69, 9.17) is 9.47 Å². The van der Waals surface area contributed by atoms with Crippen LogP contribution in [0, 0.1) is 11.6 Å². The molecular formula is C19H14F2N4O3. The number of ether oxygens (including phenoxy) is 2. The SMILES string of the molecule is O=C(NCc1ccc2c(c1)OCO2)c1cnc(Nc2ccc(F)c(F)c2)cn1. The minimum absolute atomic E-state index is 0.122. The van der Waals surface area contributed by atoms with Crippen LogP contribution in [-0.2, 0) is 6.54 Å². The fourth-order valence-electron chi connectivity index (χ4n) is 2.56. The number of hydrogen-bond donors (Lipinski definition) is 2. The number of amides is 1. The number of rotatable bonds is 5. The lowest BCUT2D eigenvalue weighted by Gasteiger charge is -2.08. The zero-order valence-corrected chi connectivity index (χ0v) is 14.4. The van der Waals surface area contributed by atoms with Crippen molar-refractivity contribution in [2.75, 3.05) is 12.1 Å². The number of hydrogen-bond acceptors (Lipinski definition) is 6. The third-order valence-electron chi connectivity index (χ3n) is 3.97. The number of nitrogens with one attached hydrogen (secondary N) is 2. The zero-order chi connectivity index (χ0) is 19.5. The normalized spacial score (nSPS) is 11.9. The maximum Gasteiger partial charge on any atom is 0.271 e. The van der Waals surface area contributed by atoms with Gasteiger partial charge in [0, 0.05) is 18.3 Å². The van der Waals surface area contributed by atoms with E-state index in [1.807, 2.05) is 6.07 Å². The van der Waals surface area contributed by atoms with Crippen LogP contribution in [0.1, 0.15) is 16.1 Å². The van der Waals surface area contributed by atoms with Crippen molar-refractivity contribution in [1.82, 2.24) is 15.3 Å². The maximum absolute atomic E-state index is 13.2. The van der Waals surface area contributed by atoms with Gasteiger partial charge in [-0.05, 0) is 29.8 Å². The van der Waals surface area contributed by atoms with Crippen LogP contribution in [0.2, 0.25) is 0 Å². The van der Waals surface area contributed by atoms with E-state index in [1.54, 1.807) is 12.1 Å². The molecule has 0 spiro atoms. The second kappa shape index (κ2) is 7.47. The van der Waals surface area contributed by atoms with Crippen LogP contribution in [0.3, 0.4) is 0 Å². The Morgan fingerprint density at radius 2 is 1.86 bits per heavy atom. The van der Waals surface area contributed by atoms with Crippen molar-refractivity contribution in [3.63, 3.8) is 0 Å². The van der Waals surface area contributed by atoms with Gasteiger partial charge in [-0.1, -0.05) is 6.07 Å². The number of carbonyl (C=O) groups is 1. The molecule has 0 aliphatic carbocycles. The van der Waals surface area contributed by atoms with Crippen molar-refractivity contribution in [1.29, 1.82) is 0 Å². The highest BCUT2D eigenvalue weighted by molar-refractivity contribution is 5.92. The molecule has 0 saturated heterocycles. The smallest absolute Gasteiger partial charge is 0.271 e. The van der Waals surface area contributed by atoms with Gasteiger partial charge in [-0.15, -0.1) is 0 Å². The largest absolute Gasteiger partial charge is 0.454 e. The van der Waals surface area contributed by atoms with Crippen LogP contribution in [-0.4, -0.2) is 22.7 Å². The number of anilines is 2. The van der Waals surface area contributed by atoms with Crippen LogP contribution in [0.5, 0.6) is 11.5 Å². The Labute approximate surface area is 158 Å². The standard InChI is InChI=1S/C19H14F2N4O3/c20-13-3-2-12(6-14(13)21)25-18-9-22-15(8-23-18)19(26)24-7-11-1-4-16-17(5-11)28-10-27-16/h1-6,8-9H,7,10H2,(H,23,25)(H,24,26). The fourth-order valence-corrected chi connectivity index (χ4v) is 2.56. The molecule has 4 rings (SSSR count). The van der Waals surface area contributed by atoms with Crippen molar-refractivity contribution in [3.8, 4) is 11.5 Å². The van der Waals surface area contributed by atoms with Gasteiger partial charge < -0.3 is 20.1 Å². The molecule has 1 aromatic heterocycles. The van der Waals surface area contributed by atoms with E-state index < -0.39 is 17.5 Å². The van der Waals surface area contributed by atoms with Gasteiger partial charge in [-0.3, -0.25) is 4.79 Å². The number of aromatic nitrogens is 2. The second-order valence-corrected chi connectivity index (χ2v) is 5.91. The summed E-state index contributed by atoms with van der Waals surface area (Å²) in [6.45, 7) is 0.470. The molecule has 142 valence electrons. The lowest BCUT2D eigenvalue weighted by molar-refractivity contribution is 0.0945. The quantitative estimate of drug-likeness (QED) is 0.703. The minimum Gasteiger partial charge on any atom is -0.454 e. The average Bonchev–Trinajstić information content (AvgIpc) is 3.17. The molecule has 2 heterocycles. The molecule has 2 N–H and O–H groups in total. The first-order valence-corrected chi connectivity index (χ1v) is 8.29. The monoisotopic (exact) mass is 384 g/mol. The Hall–Kier alpha value is -3.75. The van der Waals surface area contributed by atoms with E-state index in [1.165, 1.54) is 18.5 Å². The van der Waals surface area contributed by atoms with E-state index in [2.05, 4.69) is 20.6 Å². The molecule has 7 nitrogen and oxygen atoms in total. The number of fused-ring (bicyclic) bond motifs is 1. The van der Waals surface area contributed by atoms with Gasteiger partial charge in [0.2, 0.25) is 6.79 Å². The average molecular weight is 384 g/mol. The summed E-state index contributed by atoms with van der Waals surface area (Å²) < 4.78 is 36.7. The summed E-state index contributed by atoms with van der Waals surface area (Å²) in [5, 5.41) is 5.52. The highest BCUT2D eigenvalue weighted by Gasteiger charge is 2.14. The Morgan fingerprint density at radius 3 is 2.64 bits per heavy atom. The summed E-state index contributed by atoms with van der Waals surface area (Å²) in [6.07, 6.45) is 2.62. The number of carbonyl (C=O) groups excluding carboxylic acids is 1. The molecule has 0 bridgehead atoms. The van der Waals surface area contributed by atoms with Gasteiger partial charge in [0.25, 0.3) is 5.91 Å². The maximum atomic E-state index is 13.2. The van der Waals surface area contributed by atoms with Crippen LogP contribution in [0.4, 0.5) is 20.3 Å². The highest BCUT2D eigenvalue weighted by Crippen LogP contribution is 2.32. The van der Waals surface area contributed by atoms with Gasteiger partial charge in [-0.25, -0.2) is 18.7 Å². The topological polar surface area (TPSA) is 85.4 Å². The molecule has 0 saturated carbocycles. The number of halogens is 2. The first kappa shape index (κ1) is 17.7. The Bertz CT molecular complexity index is 1030. The number of benzene rings is 2. The third-order valence-corrected chi connectivity index (χ3v) is 3.97. The van der Waals surface area contributed by atoms with Gasteiger partial charge in [0.15, 0.2) is 23.1 Å². The van der Waals surface area contributed by atoms with E-state index >= 15 is 0 Å². The van der Waals surface area contributed by atoms with Gasteiger partial charge in [0.05, 0.1) is 12.4 Å². The third kappa shape index (κ3) is 3.83. The van der Waals surface area contributed by atoms with Crippen molar-refractivity contribution in [2.24, 2.45) is 0 Å². The summed E-state index contributed by atoms with van der Waals surface area (Å²) in [5.74, 6) is -0.712. The zero-order valence-electron chi connectivity index (χ0n) is 14.4. The van der Waals surface area contributed by atoms with Crippen molar-refractivity contribution in [3.05, 3.63) is 71.7 Å². The lowest BCUT2D eigenvalue weighted by Crippen LogP contribution is -2.24. The summed E-state index contributed by atoms with van der Waals surface area (Å²) in [7, 11) is 0.